The van der Waals surface area contributed by atoms with Crippen LogP contribution in [0.2, 0.25) is 0 Å². The van der Waals surface area contributed by atoms with Crippen LogP contribution in [0, 0.1) is 5.41 Å². The molecule has 0 aliphatic carbocycles. The first-order valence-electron chi connectivity index (χ1n) is 10.9. The van der Waals surface area contributed by atoms with Crippen molar-refractivity contribution in [2.75, 3.05) is 44.7 Å². The van der Waals surface area contributed by atoms with Gasteiger partial charge in [0.15, 0.2) is 5.82 Å². The van der Waals surface area contributed by atoms with Crippen molar-refractivity contribution in [1.29, 1.82) is 5.41 Å². The van der Waals surface area contributed by atoms with Crippen LogP contribution in [-0.4, -0.2) is 66.3 Å². The van der Waals surface area contributed by atoms with Crippen LogP contribution in [0.25, 0.3) is 11.3 Å². The summed E-state index contributed by atoms with van der Waals surface area (Å²) in [5, 5.41) is 14.1. The summed E-state index contributed by atoms with van der Waals surface area (Å²) in [6.45, 7) is 10.2. The Bertz CT molecular complexity index is 976. The van der Waals surface area contributed by atoms with Crippen LogP contribution < -0.4 is 15.5 Å². The monoisotopic (exact) mass is 435 g/mol. The van der Waals surface area contributed by atoms with E-state index >= 15 is 0 Å². The number of rotatable bonds is 8. The van der Waals surface area contributed by atoms with Crippen LogP contribution in [-0.2, 0) is 11.3 Å². The fourth-order valence-corrected chi connectivity index (χ4v) is 3.78. The summed E-state index contributed by atoms with van der Waals surface area (Å²) in [5.74, 6) is 0.858. The van der Waals surface area contributed by atoms with Gasteiger partial charge in [0.05, 0.1) is 0 Å². The summed E-state index contributed by atoms with van der Waals surface area (Å²) in [4.78, 5) is 25.1. The first-order chi connectivity index (χ1) is 15.4. The third-order valence-electron chi connectivity index (χ3n) is 5.78. The molecule has 32 heavy (non-hydrogen) atoms. The van der Waals surface area contributed by atoms with E-state index in [1.807, 2.05) is 45.2 Å². The van der Waals surface area contributed by atoms with Gasteiger partial charge in [0.1, 0.15) is 5.69 Å². The van der Waals surface area contributed by atoms with Gasteiger partial charge in [0.25, 0.3) is 0 Å². The van der Waals surface area contributed by atoms with Gasteiger partial charge in [-0.1, -0.05) is 24.3 Å². The molecule has 2 aromatic rings. The maximum absolute atomic E-state index is 11.1. The van der Waals surface area contributed by atoms with Crippen molar-refractivity contribution in [2.24, 2.45) is 0 Å². The highest BCUT2D eigenvalue weighted by molar-refractivity contribution is 5.96. The maximum Gasteiger partial charge on any atom is 0.217 e. The maximum atomic E-state index is 11.1. The second kappa shape index (κ2) is 10.9. The summed E-state index contributed by atoms with van der Waals surface area (Å²) >= 11 is 0. The second-order valence-electron chi connectivity index (χ2n) is 8.08. The molecule has 1 aromatic heterocycles. The molecule has 0 radical (unpaired) electrons. The number of nitrogens with zero attached hydrogens (tertiary/aromatic N) is 4. The van der Waals surface area contributed by atoms with Gasteiger partial charge < -0.3 is 20.9 Å². The average Bonchev–Trinajstić information content (AvgIpc) is 2.81. The average molecular weight is 436 g/mol. The molecule has 3 rings (SSSR count). The van der Waals surface area contributed by atoms with Crippen molar-refractivity contribution in [2.45, 2.75) is 27.3 Å². The number of nitrogens with one attached hydrogen (secondary N) is 3. The molecule has 0 spiro atoms. The van der Waals surface area contributed by atoms with Gasteiger partial charge in [-0.2, -0.15) is 0 Å². The van der Waals surface area contributed by atoms with Crippen molar-refractivity contribution in [3.05, 3.63) is 53.5 Å². The number of allylic oxidation sites excluding steroid dienone is 1. The minimum Gasteiger partial charge on any atom is -0.391 e. The van der Waals surface area contributed by atoms with E-state index in [9.17, 15) is 4.79 Å². The van der Waals surface area contributed by atoms with E-state index in [-0.39, 0.29) is 5.91 Å². The molecule has 2 heterocycles. The molecule has 8 nitrogen and oxygen atoms in total. The Hall–Kier alpha value is -3.26. The molecular formula is C24H33N7O. The molecule has 0 saturated carbocycles. The number of anilines is 1. The van der Waals surface area contributed by atoms with E-state index < -0.39 is 0 Å². The highest BCUT2D eigenvalue weighted by atomic mass is 16.1. The Morgan fingerprint density at radius 3 is 2.28 bits per heavy atom. The summed E-state index contributed by atoms with van der Waals surface area (Å²) < 4.78 is 0. The van der Waals surface area contributed by atoms with Gasteiger partial charge in [-0.05, 0) is 19.4 Å². The third kappa shape index (κ3) is 5.91. The molecule has 8 heteroatoms. The van der Waals surface area contributed by atoms with Crippen molar-refractivity contribution in [3.8, 4) is 11.3 Å². The van der Waals surface area contributed by atoms with Gasteiger partial charge in [0, 0.05) is 88.2 Å². The molecule has 1 amide bonds. The van der Waals surface area contributed by atoms with Crippen molar-refractivity contribution in [1.82, 2.24) is 25.5 Å². The molecule has 0 unspecified atom stereocenters. The summed E-state index contributed by atoms with van der Waals surface area (Å²) in [6.07, 6.45) is 3.47. The highest BCUT2D eigenvalue weighted by Gasteiger charge is 2.22. The smallest absolute Gasteiger partial charge is 0.217 e. The predicted octanol–water partition coefficient (Wildman–Crippen LogP) is 2.43. The predicted molar refractivity (Wildman–Crippen MR) is 129 cm³/mol. The molecule has 1 aromatic carbocycles. The lowest BCUT2D eigenvalue weighted by atomic mass is 10.1. The molecule has 0 atom stereocenters. The third-order valence-corrected chi connectivity index (χ3v) is 5.78. The lowest BCUT2D eigenvalue weighted by molar-refractivity contribution is -0.119. The minimum atomic E-state index is -0.0380. The molecule has 3 N–H and O–H groups in total. The summed E-state index contributed by atoms with van der Waals surface area (Å²) in [7, 11) is 1.90. The van der Waals surface area contributed by atoms with Gasteiger partial charge in [-0.25, -0.2) is 4.98 Å². The molecular weight excluding hydrogens is 402 g/mol. The zero-order chi connectivity index (χ0) is 23.1. The van der Waals surface area contributed by atoms with Crippen molar-refractivity contribution >= 4 is 17.4 Å². The van der Waals surface area contributed by atoms with Crippen LogP contribution in [0.1, 0.15) is 26.3 Å². The number of hydrogen-bond donors (Lipinski definition) is 3. The molecule has 1 saturated heterocycles. The summed E-state index contributed by atoms with van der Waals surface area (Å²) in [5.41, 5.74) is 5.65. The Balaban J connectivity index is 1.69. The fourth-order valence-electron chi connectivity index (χ4n) is 3.78. The van der Waals surface area contributed by atoms with E-state index in [1.54, 1.807) is 12.4 Å². The first-order valence-corrected chi connectivity index (χ1v) is 10.9. The van der Waals surface area contributed by atoms with E-state index in [0.29, 0.717) is 12.3 Å². The minimum absolute atomic E-state index is 0.0380. The number of aromatic nitrogens is 2. The van der Waals surface area contributed by atoms with E-state index in [2.05, 4.69) is 30.4 Å². The van der Waals surface area contributed by atoms with Crippen molar-refractivity contribution in [3.63, 3.8) is 0 Å². The van der Waals surface area contributed by atoms with Crippen LogP contribution in [0.3, 0.4) is 0 Å². The molecule has 1 aliphatic heterocycles. The Labute approximate surface area is 190 Å². The lowest BCUT2D eigenvalue weighted by Crippen LogP contribution is -2.48. The van der Waals surface area contributed by atoms with E-state index in [1.165, 1.54) is 6.92 Å². The molecule has 170 valence electrons. The first kappa shape index (κ1) is 23.4. The normalized spacial score (nSPS) is 15.2. The number of carbonyl (C=O) groups excluding carboxylic acids is 1. The highest BCUT2D eigenvalue weighted by Crippen LogP contribution is 2.27. The Morgan fingerprint density at radius 2 is 1.69 bits per heavy atom. The number of amides is 1. The van der Waals surface area contributed by atoms with Gasteiger partial charge in [-0.3, -0.25) is 14.7 Å². The number of hydrogen-bond acceptors (Lipinski definition) is 7. The zero-order valence-electron chi connectivity index (χ0n) is 19.4. The molecule has 1 aliphatic rings. The topological polar surface area (TPSA) is 97.2 Å². The number of carbonyl (C=O) groups is 1. The largest absolute Gasteiger partial charge is 0.391 e. The SMILES string of the molecule is CN/C(C)=C(/CN1CCN(c2nccnc2-c2ccc(CNC(C)=O)cc2)CC1)C(C)=N. The number of piperazine rings is 1. The Kier molecular flexibility index (Phi) is 7.94. The van der Waals surface area contributed by atoms with Gasteiger partial charge in [0.2, 0.25) is 5.91 Å². The van der Waals surface area contributed by atoms with Crippen molar-refractivity contribution < 1.29 is 4.79 Å². The zero-order valence-corrected chi connectivity index (χ0v) is 19.4. The van der Waals surface area contributed by atoms with Gasteiger partial charge in [-0.15, -0.1) is 0 Å². The second-order valence-corrected chi connectivity index (χ2v) is 8.08. The van der Waals surface area contributed by atoms with Crippen LogP contribution >= 0.6 is 0 Å². The fraction of sp³-hybridized carbons (Fsp3) is 0.417. The van der Waals surface area contributed by atoms with Gasteiger partial charge >= 0.3 is 0 Å². The number of benzene rings is 1. The van der Waals surface area contributed by atoms with E-state index in [4.69, 9.17) is 5.41 Å². The van der Waals surface area contributed by atoms with E-state index in [0.717, 1.165) is 66.6 Å². The molecule has 1 fully saturated rings. The quantitative estimate of drug-likeness (QED) is 0.551. The van der Waals surface area contributed by atoms with Crippen LogP contribution in [0.4, 0.5) is 5.82 Å². The molecule has 0 bridgehead atoms. The van der Waals surface area contributed by atoms with Crippen LogP contribution in [0.5, 0.6) is 0 Å². The Morgan fingerprint density at radius 1 is 1.03 bits per heavy atom. The summed E-state index contributed by atoms with van der Waals surface area (Å²) in [6, 6.07) is 8.09. The lowest BCUT2D eigenvalue weighted by Gasteiger charge is -2.36. The standard InChI is InChI=1S/C24H33N7O/c1-17(25)22(18(2)26-4)16-30-11-13-31(14-12-30)24-23(27-9-10-28-24)21-7-5-20(6-8-21)15-29-19(3)32/h5-10,25-26H,11-16H2,1-4H3,(H,29,32)/b22-18-,25-17?. The van der Waals surface area contributed by atoms with Crippen LogP contribution in [0.15, 0.2) is 47.9 Å².